The summed E-state index contributed by atoms with van der Waals surface area (Å²) in [5.74, 6) is -0.875. The van der Waals surface area contributed by atoms with E-state index < -0.39 is 5.97 Å². The number of aryl methyl sites for hydroxylation is 1. The Hall–Kier alpha value is -2.70. The molecule has 0 saturated carbocycles. The third-order valence-corrected chi connectivity index (χ3v) is 5.43. The van der Waals surface area contributed by atoms with E-state index in [4.69, 9.17) is 16.3 Å². The number of ether oxygens (including phenoxy) is 1. The Labute approximate surface area is 172 Å². The summed E-state index contributed by atoms with van der Waals surface area (Å²) in [4.78, 5) is 29.1. The number of ketones is 1. The molecule has 0 saturated heterocycles. The molecule has 1 aromatic carbocycles. The van der Waals surface area contributed by atoms with Crippen LogP contribution in [0, 0.1) is 13.8 Å². The molecule has 5 nitrogen and oxygen atoms in total. The van der Waals surface area contributed by atoms with Crippen LogP contribution >= 0.6 is 22.9 Å². The Bertz CT molecular complexity index is 1050. The molecule has 7 heteroatoms. The van der Waals surface area contributed by atoms with Crippen LogP contribution in [-0.2, 0) is 11.3 Å². The number of carbonyl (C=O) groups is 2. The highest BCUT2D eigenvalue weighted by Crippen LogP contribution is 2.26. The zero-order valence-corrected chi connectivity index (χ0v) is 17.1. The second-order valence-corrected chi connectivity index (χ2v) is 7.53. The number of aromatic nitrogens is 2. The van der Waals surface area contributed by atoms with Gasteiger partial charge in [0.25, 0.3) is 0 Å². The molecule has 3 rings (SSSR count). The van der Waals surface area contributed by atoms with Gasteiger partial charge in [0, 0.05) is 39.5 Å². The van der Waals surface area contributed by atoms with Crippen LogP contribution in [0.15, 0.2) is 48.4 Å². The Morgan fingerprint density at radius 1 is 1.32 bits per heavy atom. The first kappa shape index (κ1) is 20.0. The van der Waals surface area contributed by atoms with Gasteiger partial charge in [-0.1, -0.05) is 29.8 Å². The van der Waals surface area contributed by atoms with Crippen molar-refractivity contribution in [3.8, 4) is 10.6 Å². The largest absolute Gasteiger partial charge is 0.453 e. The van der Waals surface area contributed by atoms with Crippen LogP contribution in [0.2, 0.25) is 5.02 Å². The third-order valence-electron chi connectivity index (χ3n) is 4.30. The van der Waals surface area contributed by atoms with Gasteiger partial charge in [-0.3, -0.25) is 4.79 Å². The minimum absolute atomic E-state index is 0.171. The first-order chi connectivity index (χ1) is 13.4. The van der Waals surface area contributed by atoms with Crippen LogP contribution in [-0.4, -0.2) is 27.9 Å². The van der Waals surface area contributed by atoms with Crippen molar-refractivity contribution < 1.29 is 14.3 Å². The number of thiazole rings is 1. The minimum Gasteiger partial charge on any atom is -0.453 e. The molecular formula is C21H19ClN2O3S. The van der Waals surface area contributed by atoms with E-state index in [0.29, 0.717) is 22.1 Å². The summed E-state index contributed by atoms with van der Waals surface area (Å²) in [5.41, 5.74) is 3.32. The Morgan fingerprint density at radius 3 is 2.82 bits per heavy atom. The van der Waals surface area contributed by atoms with Crippen molar-refractivity contribution in [2.24, 2.45) is 0 Å². The molecule has 28 heavy (non-hydrogen) atoms. The average molecular weight is 415 g/mol. The molecule has 0 atom stereocenters. The van der Waals surface area contributed by atoms with Crippen molar-refractivity contribution in [1.82, 2.24) is 9.55 Å². The van der Waals surface area contributed by atoms with Crippen molar-refractivity contribution in [2.75, 3.05) is 6.61 Å². The first-order valence-electron chi connectivity index (χ1n) is 8.60. The van der Waals surface area contributed by atoms with Crippen molar-refractivity contribution >= 4 is 34.7 Å². The average Bonchev–Trinajstić information content (AvgIpc) is 3.27. The fourth-order valence-corrected chi connectivity index (χ4v) is 3.87. The van der Waals surface area contributed by atoms with E-state index in [1.165, 1.54) is 11.3 Å². The minimum atomic E-state index is -0.627. The lowest BCUT2D eigenvalue weighted by atomic mass is 10.1. The van der Waals surface area contributed by atoms with E-state index in [0.717, 1.165) is 17.0 Å². The zero-order valence-electron chi connectivity index (χ0n) is 15.6. The Kier molecular flexibility index (Phi) is 6.11. The zero-order chi connectivity index (χ0) is 20.3. The summed E-state index contributed by atoms with van der Waals surface area (Å²) in [6.45, 7) is 7.80. The van der Waals surface area contributed by atoms with Crippen LogP contribution in [0.5, 0.6) is 0 Å². The lowest BCUT2D eigenvalue weighted by Crippen LogP contribution is -2.15. The quantitative estimate of drug-likeness (QED) is 0.306. The molecule has 0 aliphatic heterocycles. The highest BCUT2D eigenvalue weighted by molar-refractivity contribution is 7.13. The molecule has 144 valence electrons. The summed E-state index contributed by atoms with van der Waals surface area (Å²) in [5, 5.41) is 2.86. The van der Waals surface area contributed by atoms with E-state index in [9.17, 15) is 9.59 Å². The number of halogens is 1. The molecule has 0 N–H and O–H groups in total. The molecular weight excluding hydrogens is 396 g/mol. The fourth-order valence-electron chi connectivity index (χ4n) is 2.90. The highest BCUT2D eigenvalue weighted by atomic mass is 35.5. The van der Waals surface area contributed by atoms with E-state index in [2.05, 4.69) is 11.6 Å². The lowest BCUT2D eigenvalue weighted by Gasteiger charge is -2.06. The van der Waals surface area contributed by atoms with Crippen LogP contribution in [0.3, 0.4) is 0 Å². The molecule has 0 aliphatic rings. The van der Waals surface area contributed by atoms with Crippen LogP contribution < -0.4 is 0 Å². The number of hydrogen-bond acceptors (Lipinski definition) is 5. The van der Waals surface area contributed by atoms with Gasteiger partial charge in [-0.25, -0.2) is 9.78 Å². The van der Waals surface area contributed by atoms with E-state index >= 15 is 0 Å². The molecule has 0 radical (unpaired) electrons. The molecule has 0 aliphatic carbocycles. The van der Waals surface area contributed by atoms with Gasteiger partial charge in [-0.2, -0.15) is 0 Å². The topological polar surface area (TPSA) is 61.2 Å². The van der Waals surface area contributed by atoms with Gasteiger partial charge in [0.2, 0.25) is 5.78 Å². The Balaban J connectivity index is 1.67. The van der Waals surface area contributed by atoms with Crippen molar-refractivity contribution in [3.63, 3.8) is 0 Å². The first-order valence-corrected chi connectivity index (χ1v) is 9.86. The summed E-state index contributed by atoms with van der Waals surface area (Å²) in [7, 11) is 0. The number of Topliss-reactive ketones (excluding diaryl/α,β-unsaturated/α-hetero) is 1. The fraction of sp³-hybridized carbons (Fsp3) is 0.190. The Morgan fingerprint density at radius 2 is 2.11 bits per heavy atom. The van der Waals surface area contributed by atoms with Gasteiger partial charge in [-0.15, -0.1) is 17.9 Å². The van der Waals surface area contributed by atoms with Gasteiger partial charge in [-0.05, 0) is 32.0 Å². The van der Waals surface area contributed by atoms with Gasteiger partial charge in [0.05, 0.1) is 0 Å². The lowest BCUT2D eigenvalue weighted by molar-refractivity contribution is 0.0469. The molecule has 2 heterocycles. The van der Waals surface area contributed by atoms with Crippen LogP contribution in [0.4, 0.5) is 0 Å². The summed E-state index contributed by atoms with van der Waals surface area (Å²) < 4.78 is 7.17. The third kappa shape index (κ3) is 4.24. The van der Waals surface area contributed by atoms with Crippen LogP contribution in [0.25, 0.3) is 10.6 Å². The number of nitrogens with zero attached hydrogens (tertiary/aromatic N) is 2. The highest BCUT2D eigenvalue weighted by Gasteiger charge is 2.19. The number of hydrogen-bond donors (Lipinski definition) is 0. The van der Waals surface area contributed by atoms with Crippen LogP contribution in [0.1, 0.15) is 32.2 Å². The molecule has 3 aromatic rings. The number of benzene rings is 1. The van der Waals surface area contributed by atoms with Gasteiger partial charge < -0.3 is 9.30 Å². The SMILES string of the molecule is C=CCn1c(C)cc(C(=O)COC(=O)c2csc(-c3cccc(Cl)c3)n2)c1C. The second kappa shape index (κ2) is 8.54. The standard InChI is InChI=1S/C21H19ClN2O3S/c1-4-8-24-13(2)9-17(14(24)3)19(25)11-27-21(26)18-12-28-20(23-18)15-6-5-7-16(22)10-15/h4-7,9-10,12H,1,8,11H2,2-3H3. The summed E-state index contributed by atoms with van der Waals surface area (Å²) in [6, 6.07) is 9.03. The van der Waals surface area contributed by atoms with E-state index in [1.807, 2.05) is 30.5 Å². The predicted octanol–water partition coefficient (Wildman–Crippen LogP) is 5.11. The maximum absolute atomic E-state index is 12.5. The molecule has 0 unspecified atom stereocenters. The molecule has 0 amide bonds. The molecule has 0 spiro atoms. The van der Waals surface area contributed by atoms with Gasteiger partial charge in [0.15, 0.2) is 12.3 Å². The van der Waals surface area contributed by atoms with E-state index in [1.54, 1.807) is 29.7 Å². The second-order valence-electron chi connectivity index (χ2n) is 6.23. The van der Waals surface area contributed by atoms with Crippen molar-refractivity contribution in [1.29, 1.82) is 0 Å². The van der Waals surface area contributed by atoms with Crippen molar-refractivity contribution in [3.05, 3.63) is 76.0 Å². The number of carbonyl (C=O) groups excluding carboxylic acids is 2. The molecule has 0 fully saturated rings. The van der Waals surface area contributed by atoms with Crippen molar-refractivity contribution in [2.45, 2.75) is 20.4 Å². The number of allylic oxidation sites excluding steroid dienone is 1. The van der Waals surface area contributed by atoms with E-state index in [-0.39, 0.29) is 18.1 Å². The predicted molar refractivity (Wildman–Crippen MR) is 111 cm³/mol. The number of esters is 1. The summed E-state index contributed by atoms with van der Waals surface area (Å²) >= 11 is 7.31. The summed E-state index contributed by atoms with van der Waals surface area (Å²) in [6.07, 6.45) is 1.77. The monoisotopic (exact) mass is 414 g/mol. The maximum atomic E-state index is 12.5. The smallest absolute Gasteiger partial charge is 0.358 e. The van der Waals surface area contributed by atoms with Gasteiger partial charge >= 0.3 is 5.97 Å². The normalized spacial score (nSPS) is 10.7. The molecule has 2 aromatic heterocycles. The number of rotatable bonds is 7. The molecule has 0 bridgehead atoms. The van der Waals surface area contributed by atoms with Gasteiger partial charge in [0.1, 0.15) is 5.01 Å². The maximum Gasteiger partial charge on any atom is 0.358 e.